The summed E-state index contributed by atoms with van der Waals surface area (Å²) < 4.78 is 24.3. The van der Waals surface area contributed by atoms with Crippen molar-refractivity contribution in [1.29, 1.82) is 0 Å². The molecule has 0 radical (unpaired) electrons. The summed E-state index contributed by atoms with van der Waals surface area (Å²) in [6, 6.07) is 3.42. The lowest BCUT2D eigenvalue weighted by atomic mass is 9.90. The highest BCUT2D eigenvalue weighted by Gasteiger charge is 2.27. The molecule has 2 amide bonds. The molecule has 3 rings (SSSR count). The molecule has 0 saturated carbocycles. The van der Waals surface area contributed by atoms with Crippen LogP contribution < -0.4 is 20.5 Å². The van der Waals surface area contributed by atoms with Crippen LogP contribution in [0, 0.1) is 6.92 Å². The Bertz CT molecular complexity index is 1070. The number of ether oxygens (including phenoxy) is 1. The molecule has 1 aliphatic rings. The van der Waals surface area contributed by atoms with Gasteiger partial charge in [0.1, 0.15) is 11.5 Å². The zero-order valence-corrected chi connectivity index (χ0v) is 19.7. The van der Waals surface area contributed by atoms with E-state index in [1.807, 2.05) is 26.1 Å². The molecule has 0 spiro atoms. The number of amides is 2. The lowest BCUT2D eigenvalue weighted by molar-refractivity contribution is 0.184. The van der Waals surface area contributed by atoms with Crippen molar-refractivity contribution < 1.29 is 13.7 Å². The van der Waals surface area contributed by atoms with Crippen molar-refractivity contribution in [2.45, 2.75) is 63.9 Å². The maximum absolute atomic E-state index is 13.2. The van der Waals surface area contributed by atoms with Crippen molar-refractivity contribution in [2.75, 3.05) is 19.0 Å². The summed E-state index contributed by atoms with van der Waals surface area (Å²) in [4.78, 5) is 12.9. The van der Waals surface area contributed by atoms with E-state index in [0.717, 1.165) is 16.7 Å². The monoisotopic (exact) mass is 448 g/mol. The summed E-state index contributed by atoms with van der Waals surface area (Å²) in [7, 11) is -1.71. The molecule has 0 saturated heterocycles. The number of carbonyl (C=O) groups is 1. The molecule has 9 nitrogen and oxygen atoms in total. The molecule has 2 aromatic rings. The van der Waals surface area contributed by atoms with E-state index >= 15 is 0 Å². The molecule has 1 aromatic carbocycles. The first-order chi connectivity index (χ1) is 14.5. The van der Waals surface area contributed by atoms with E-state index in [4.69, 9.17) is 9.88 Å². The molecule has 0 bridgehead atoms. The van der Waals surface area contributed by atoms with Crippen LogP contribution in [0.15, 0.2) is 27.6 Å². The van der Waals surface area contributed by atoms with Crippen LogP contribution in [0.3, 0.4) is 0 Å². The Morgan fingerprint density at radius 1 is 1.29 bits per heavy atom. The van der Waals surface area contributed by atoms with Crippen LogP contribution in [0.5, 0.6) is 5.88 Å². The number of likely N-dealkylation sites (N-methyl/N-ethyl adjacent to an activating group) is 1. The van der Waals surface area contributed by atoms with Crippen LogP contribution >= 0.6 is 0 Å². The molecular formula is C21H32N6O3S. The number of fused-ring (bicyclic) bond motifs is 1. The number of rotatable bonds is 5. The summed E-state index contributed by atoms with van der Waals surface area (Å²) in [5.41, 5.74) is 3.82. The minimum absolute atomic E-state index is 0.0831. The van der Waals surface area contributed by atoms with Crippen LogP contribution in [0.4, 0.5) is 10.5 Å². The number of urea groups is 1. The largest absolute Gasteiger partial charge is 0.475 e. The predicted molar refractivity (Wildman–Crippen MR) is 122 cm³/mol. The zero-order valence-electron chi connectivity index (χ0n) is 18.9. The minimum Gasteiger partial charge on any atom is -0.475 e. The van der Waals surface area contributed by atoms with E-state index in [1.54, 1.807) is 4.68 Å². The quantitative estimate of drug-likeness (QED) is 0.647. The average molecular weight is 449 g/mol. The van der Waals surface area contributed by atoms with Crippen LogP contribution in [0.25, 0.3) is 0 Å². The molecule has 31 heavy (non-hydrogen) atoms. The van der Waals surface area contributed by atoms with Crippen LogP contribution in [0.2, 0.25) is 0 Å². The van der Waals surface area contributed by atoms with E-state index < -0.39 is 15.9 Å². The molecule has 0 aliphatic carbocycles. The number of hydrogen-bond acceptors (Lipinski definition) is 5. The first kappa shape index (κ1) is 23.2. The highest BCUT2D eigenvalue weighted by molar-refractivity contribution is 7.91. The van der Waals surface area contributed by atoms with Gasteiger partial charge < -0.3 is 15.4 Å². The van der Waals surface area contributed by atoms with E-state index in [2.05, 4.69) is 47.8 Å². The van der Waals surface area contributed by atoms with Gasteiger partial charge in [-0.15, -0.1) is 4.36 Å². The van der Waals surface area contributed by atoms with Gasteiger partial charge in [-0.05, 0) is 36.9 Å². The van der Waals surface area contributed by atoms with Crippen LogP contribution in [-0.2, 0) is 16.5 Å². The number of aryl methyl sites for hydroxylation is 1. The Balaban J connectivity index is 1.95. The lowest BCUT2D eigenvalue weighted by Crippen LogP contribution is -2.40. The predicted octanol–water partition coefficient (Wildman–Crippen LogP) is 3.35. The maximum Gasteiger partial charge on any atom is 0.354 e. The summed E-state index contributed by atoms with van der Waals surface area (Å²) in [6.07, 6.45) is 1.36. The van der Waals surface area contributed by atoms with E-state index in [1.165, 1.54) is 6.20 Å². The van der Waals surface area contributed by atoms with Crippen molar-refractivity contribution in [3.05, 3.63) is 35.0 Å². The fourth-order valence-corrected chi connectivity index (χ4v) is 4.65. The van der Waals surface area contributed by atoms with Crippen molar-refractivity contribution in [2.24, 2.45) is 9.50 Å². The third kappa shape index (κ3) is 4.91. The molecule has 10 heteroatoms. The second-order valence-corrected chi connectivity index (χ2v) is 10.3. The van der Waals surface area contributed by atoms with Gasteiger partial charge in [0.25, 0.3) is 0 Å². The second kappa shape index (κ2) is 8.97. The summed E-state index contributed by atoms with van der Waals surface area (Å²) in [5, 5.41) is 16.1. The highest BCUT2D eigenvalue weighted by Crippen LogP contribution is 2.34. The Morgan fingerprint density at radius 2 is 1.90 bits per heavy atom. The number of nitrogens with one attached hydrogen (secondary N) is 2. The maximum atomic E-state index is 13.2. The van der Waals surface area contributed by atoms with Gasteiger partial charge in [-0.25, -0.2) is 18.8 Å². The molecule has 0 fully saturated rings. The average Bonchev–Trinajstić information content (AvgIpc) is 3.12. The molecule has 2 unspecified atom stereocenters. The Labute approximate surface area is 184 Å². The fourth-order valence-electron chi connectivity index (χ4n) is 3.65. The molecule has 2 heterocycles. The van der Waals surface area contributed by atoms with Crippen LogP contribution in [-0.4, -0.2) is 39.7 Å². The normalized spacial score (nSPS) is 17.8. The van der Waals surface area contributed by atoms with Crippen molar-refractivity contribution >= 4 is 21.6 Å². The van der Waals surface area contributed by atoms with Crippen molar-refractivity contribution in [1.82, 2.24) is 15.1 Å². The summed E-state index contributed by atoms with van der Waals surface area (Å²) >= 11 is 0. The molecule has 1 aromatic heterocycles. The lowest BCUT2D eigenvalue weighted by Gasteiger charge is -2.24. The van der Waals surface area contributed by atoms with Gasteiger partial charge in [-0.2, -0.15) is 5.10 Å². The molecule has 2 atom stereocenters. The molecule has 1 aliphatic heterocycles. The number of benzene rings is 1. The van der Waals surface area contributed by atoms with Crippen LogP contribution in [0.1, 0.15) is 56.2 Å². The number of hydrogen-bond donors (Lipinski definition) is 3. The zero-order chi connectivity index (χ0) is 22.9. The number of aromatic nitrogens is 2. The highest BCUT2D eigenvalue weighted by atomic mass is 32.2. The topological polar surface area (TPSA) is 124 Å². The van der Waals surface area contributed by atoms with Gasteiger partial charge in [0.15, 0.2) is 9.92 Å². The first-order valence-electron chi connectivity index (χ1n) is 10.4. The fraction of sp³-hybridized carbons (Fsp3) is 0.524. The van der Waals surface area contributed by atoms with E-state index in [-0.39, 0.29) is 28.7 Å². The van der Waals surface area contributed by atoms with Crippen molar-refractivity contribution in [3.63, 3.8) is 0 Å². The smallest absolute Gasteiger partial charge is 0.354 e. The van der Waals surface area contributed by atoms with Gasteiger partial charge in [0, 0.05) is 5.69 Å². The summed E-state index contributed by atoms with van der Waals surface area (Å²) in [6.45, 7) is 11.2. The Kier molecular flexibility index (Phi) is 6.73. The number of nitrogens with two attached hydrogens (primary N) is 1. The number of carbonyl (C=O) groups excluding carboxylic acids is 1. The van der Waals surface area contributed by atoms with Crippen molar-refractivity contribution in [3.8, 4) is 5.88 Å². The third-order valence-electron chi connectivity index (χ3n) is 5.34. The van der Waals surface area contributed by atoms with Gasteiger partial charge in [0.05, 0.1) is 18.8 Å². The minimum atomic E-state index is -3.54. The number of anilines is 1. The Hall–Kier alpha value is -2.43. The Morgan fingerprint density at radius 3 is 2.45 bits per heavy atom. The molecule has 170 valence electrons. The second-order valence-electron chi connectivity index (χ2n) is 8.51. The van der Waals surface area contributed by atoms with Gasteiger partial charge in [0.2, 0.25) is 5.88 Å². The molecular weight excluding hydrogens is 416 g/mol. The first-order valence-corrected chi connectivity index (χ1v) is 12.0. The third-order valence-corrected chi connectivity index (χ3v) is 6.68. The SMILES string of the molecule is CNC1COc2c(S(N)(=O)=NC(=O)Nc3c(C(C)C)cc(C)cc3C(C)C)cnn2C1. The summed E-state index contributed by atoms with van der Waals surface area (Å²) in [5.74, 6) is 0.661. The van der Waals surface area contributed by atoms with E-state index in [0.29, 0.717) is 18.8 Å². The molecule has 4 N–H and O–H groups in total. The number of nitrogens with zero attached hydrogens (tertiary/aromatic N) is 3. The van der Waals surface area contributed by atoms with Gasteiger partial charge >= 0.3 is 6.03 Å². The van der Waals surface area contributed by atoms with Gasteiger partial charge in [-0.3, -0.25) is 0 Å². The van der Waals surface area contributed by atoms with Gasteiger partial charge in [-0.1, -0.05) is 45.4 Å². The van der Waals surface area contributed by atoms with E-state index in [9.17, 15) is 9.00 Å². The standard InChI is InChI=1S/C21H32N6O3S/c1-12(2)16-7-14(5)8-17(13(3)4)19(16)25-21(28)26-31(22,29)18-9-24-27-10-15(23-6)11-30-20(18)27/h7-9,12-13,15,23H,10-11H2,1-6H3,(H3,22,25,26,28,29).